The Bertz CT molecular complexity index is 616. The van der Waals surface area contributed by atoms with Gasteiger partial charge in [0.15, 0.2) is 0 Å². The molecule has 1 rings (SSSR count). The van der Waals surface area contributed by atoms with Gasteiger partial charge in [-0.3, -0.25) is 4.79 Å². The van der Waals surface area contributed by atoms with E-state index in [0.29, 0.717) is 4.47 Å². The molecular formula is C12H16BrNO5S. The third kappa shape index (κ3) is 3.50. The van der Waals surface area contributed by atoms with Gasteiger partial charge in [-0.25, -0.2) is 8.42 Å². The predicted octanol–water partition coefficient (Wildman–Crippen LogP) is 1.99. The van der Waals surface area contributed by atoms with Crippen molar-refractivity contribution in [3.05, 3.63) is 22.7 Å². The van der Waals surface area contributed by atoms with Crippen LogP contribution in [0.5, 0.6) is 5.75 Å². The van der Waals surface area contributed by atoms with Crippen LogP contribution < -0.4 is 9.46 Å². The molecule has 0 saturated carbocycles. The maximum Gasteiger partial charge on any atom is 0.324 e. The molecule has 0 saturated heterocycles. The van der Waals surface area contributed by atoms with E-state index < -0.39 is 21.5 Å². The molecule has 1 atom stereocenters. The molecule has 1 aromatic rings. The molecule has 0 aliphatic heterocycles. The van der Waals surface area contributed by atoms with E-state index in [4.69, 9.17) is 9.84 Å². The van der Waals surface area contributed by atoms with Gasteiger partial charge < -0.3 is 9.84 Å². The first kappa shape index (κ1) is 16.9. The van der Waals surface area contributed by atoms with Gasteiger partial charge >= 0.3 is 5.97 Å². The first-order valence-electron chi connectivity index (χ1n) is 5.77. The van der Waals surface area contributed by atoms with Crippen LogP contribution in [0.2, 0.25) is 0 Å². The number of carboxylic acids is 1. The zero-order valence-electron chi connectivity index (χ0n) is 11.3. The van der Waals surface area contributed by atoms with Gasteiger partial charge in [-0.2, -0.15) is 4.72 Å². The quantitative estimate of drug-likeness (QED) is 0.803. The van der Waals surface area contributed by atoms with E-state index in [0.717, 1.165) is 0 Å². The van der Waals surface area contributed by atoms with Crippen molar-refractivity contribution in [2.24, 2.45) is 0 Å². The van der Waals surface area contributed by atoms with Gasteiger partial charge in [-0.05, 0) is 31.5 Å². The van der Waals surface area contributed by atoms with Crippen LogP contribution in [0, 0.1) is 0 Å². The van der Waals surface area contributed by atoms with Crippen LogP contribution in [-0.4, -0.2) is 32.1 Å². The van der Waals surface area contributed by atoms with Crippen LogP contribution in [0.1, 0.15) is 20.3 Å². The van der Waals surface area contributed by atoms with Crippen LogP contribution in [0.25, 0.3) is 0 Å². The third-order valence-corrected chi connectivity index (χ3v) is 5.06. The summed E-state index contributed by atoms with van der Waals surface area (Å²) in [4.78, 5) is 11.1. The van der Waals surface area contributed by atoms with Gasteiger partial charge in [0, 0.05) is 4.47 Å². The monoisotopic (exact) mass is 365 g/mol. The molecule has 0 aliphatic carbocycles. The van der Waals surface area contributed by atoms with Crippen LogP contribution >= 0.6 is 15.9 Å². The van der Waals surface area contributed by atoms with E-state index in [2.05, 4.69) is 20.7 Å². The highest BCUT2D eigenvalue weighted by Gasteiger charge is 2.37. The van der Waals surface area contributed by atoms with Crippen molar-refractivity contribution in [2.75, 3.05) is 7.11 Å². The van der Waals surface area contributed by atoms with Gasteiger partial charge in [-0.15, -0.1) is 0 Å². The number of rotatable bonds is 6. The standard InChI is InChI=1S/C12H16BrNO5S/c1-4-12(2,11(15)16)14-20(17,18)10-7-8(13)5-6-9(10)19-3/h5-7,14H,4H2,1-3H3,(H,15,16). The molecule has 0 fully saturated rings. The molecule has 112 valence electrons. The summed E-state index contributed by atoms with van der Waals surface area (Å²) >= 11 is 3.18. The lowest BCUT2D eigenvalue weighted by Crippen LogP contribution is -2.51. The summed E-state index contributed by atoms with van der Waals surface area (Å²) in [6.45, 7) is 2.91. The number of hydrogen-bond acceptors (Lipinski definition) is 4. The normalized spacial score (nSPS) is 14.6. The van der Waals surface area contributed by atoms with Crippen molar-refractivity contribution in [1.82, 2.24) is 4.72 Å². The lowest BCUT2D eigenvalue weighted by atomic mass is 10.0. The minimum absolute atomic E-state index is 0.109. The summed E-state index contributed by atoms with van der Waals surface area (Å²) in [5, 5.41) is 9.16. The molecule has 1 aromatic carbocycles. The first-order chi connectivity index (χ1) is 9.16. The highest BCUT2D eigenvalue weighted by atomic mass is 79.9. The van der Waals surface area contributed by atoms with Gasteiger partial charge in [0.2, 0.25) is 10.0 Å². The maximum absolute atomic E-state index is 12.4. The number of methoxy groups -OCH3 is 1. The summed E-state index contributed by atoms with van der Waals surface area (Å²) in [7, 11) is -2.68. The molecule has 0 aliphatic rings. The largest absolute Gasteiger partial charge is 0.495 e. The number of carboxylic acid groups (broad SMARTS) is 1. The second-order valence-electron chi connectivity index (χ2n) is 4.39. The Morgan fingerprint density at radius 3 is 2.55 bits per heavy atom. The van der Waals surface area contributed by atoms with E-state index in [9.17, 15) is 13.2 Å². The van der Waals surface area contributed by atoms with Crippen LogP contribution in [0.4, 0.5) is 0 Å². The second kappa shape index (κ2) is 6.11. The topological polar surface area (TPSA) is 92.7 Å². The highest BCUT2D eigenvalue weighted by molar-refractivity contribution is 9.10. The number of nitrogens with one attached hydrogen (secondary N) is 1. The van der Waals surface area contributed by atoms with Crippen molar-refractivity contribution >= 4 is 31.9 Å². The molecule has 0 spiro atoms. The lowest BCUT2D eigenvalue weighted by molar-refractivity contribution is -0.143. The fraction of sp³-hybridized carbons (Fsp3) is 0.417. The van der Waals surface area contributed by atoms with Crippen LogP contribution in [-0.2, 0) is 14.8 Å². The molecule has 2 N–H and O–H groups in total. The zero-order valence-corrected chi connectivity index (χ0v) is 13.7. The van der Waals surface area contributed by atoms with E-state index in [1.54, 1.807) is 13.0 Å². The Morgan fingerprint density at radius 1 is 1.50 bits per heavy atom. The fourth-order valence-electron chi connectivity index (χ4n) is 1.48. The summed E-state index contributed by atoms with van der Waals surface area (Å²) in [6.07, 6.45) is 0.109. The molecule has 6 nitrogen and oxygen atoms in total. The Labute approximate surface area is 126 Å². The number of sulfonamides is 1. The van der Waals surface area contributed by atoms with E-state index in [-0.39, 0.29) is 17.1 Å². The smallest absolute Gasteiger partial charge is 0.324 e. The molecule has 0 radical (unpaired) electrons. The summed E-state index contributed by atoms with van der Waals surface area (Å²) in [5.41, 5.74) is -1.58. The Balaban J connectivity index is 3.31. The first-order valence-corrected chi connectivity index (χ1v) is 8.05. The van der Waals surface area contributed by atoms with E-state index in [1.807, 2.05) is 0 Å². The molecule has 1 unspecified atom stereocenters. The molecule has 0 heterocycles. The highest BCUT2D eigenvalue weighted by Crippen LogP contribution is 2.28. The van der Waals surface area contributed by atoms with Crippen molar-refractivity contribution in [3.8, 4) is 5.75 Å². The van der Waals surface area contributed by atoms with Gasteiger partial charge in [0.25, 0.3) is 0 Å². The number of ether oxygens (including phenoxy) is 1. The van der Waals surface area contributed by atoms with Crippen molar-refractivity contribution in [1.29, 1.82) is 0 Å². The van der Waals surface area contributed by atoms with Gasteiger partial charge in [0.05, 0.1) is 7.11 Å². The van der Waals surface area contributed by atoms with Crippen molar-refractivity contribution < 1.29 is 23.1 Å². The molecule has 20 heavy (non-hydrogen) atoms. The zero-order chi connectivity index (χ0) is 15.6. The number of aliphatic carboxylic acids is 1. The number of hydrogen-bond donors (Lipinski definition) is 2. The average Bonchev–Trinajstić information content (AvgIpc) is 2.37. The summed E-state index contributed by atoms with van der Waals surface area (Å²) in [5.74, 6) is -1.10. The molecule has 0 aromatic heterocycles. The van der Waals surface area contributed by atoms with Gasteiger partial charge in [-0.1, -0.05) is 22.9 Å². The third-order valence-electron chi connectivity index (χ3n) is 2.95. The van der Waals surface area contributed by atoms with Crippen molar-refractivity contribution in [2.45, 2.75) is 30.7 Å². The lowest BCUT2D eigenvalue weighted by Gasteiger charge is -2.24. The molecule has 0 amide bonds. The minimum Gasteiger partial charge on any atom is -0.495 e. The van der Waals surface area contributed by atoms with Gasteiger partial charge in [0.1, 0.15) is 16.2 Å². The SMILES string of the molecule is CCC(C)(NS(=O)(=O)c1cc(Br)ccc1OC)C(=O)O. The number of halogens is 1. The predicted molar refractivity (Wildman–Crippen MR) is 77.3 cm³/mol. The van der Waals surface area contributed by atoms with Crippen LogP contribution in [0.3, 0.4) is 0 Å². The molecule has 8 heteroatoms. The van der Waals surface area contributed by atoms with Crippen LogP contribution in [0.15, 0.2) is 27.6 Å². The minimum atomic E-state index is -4.03. The number of benzene rings is 1. The van der Waals surface area contributed by atoms with E-state index >= 15 is 0 Å². The second-order valence-corrected chi connectivity index (χ2v) is 6.96. The summed E-state index contributed by atoms with van der Waals surface area (Å²) < 4.78 is 32.5. The Hall–Kier alpha value is -1.12. The average molecular weight is 366 g/mol. The Kier molecular flexibility index (Phi) is 5.17. The Morgan fingerprint density at radius 2 is 2.10 bits per heavy atom. The maximum atomic E-state index is 12.4. The molecule has 0 bridgehead atoms. The summed E-state index contributed by atoms with van der Waals surface area (Å²) in [6, 6.07) is 4.48. The van der Waals surface area contributed by atoms with E-state index in [1.165, 1.54) is 26.2 Å². The molecular weight excluding hydrogens is 350 g/mol. The fourth-order valence-corrected chi connectivity index (χ4v) is 3.62. The number of carbonyl (C=O) groups is 1. The van der Waals surface area contributed by atoms with Crippen molar-refractivity contribution in [3.63, 3.8) is 0 Å².